The number of ether oxygens (including phenoxy) is 1. The fourth-order valence-corrected chi connectivity index (χ4v) is 4.72. The van der Waals surface area contributed by atoms with E-state index < -0.39 is 28.1 Å². The molecule has 0 saturated heterocycles. The molecule has 0 fully saturated rings. The molecule has 0 unspecified atom stereocenters. The van der Waals surface area contributed by atoms with Crippen molar-refractivity contribution in [1.29, 1.82) is 0 Å². The van der Waals surface area contributed by atoms with Crippen LogP contribution in [-0.4, -0.2) is 56.0 Å². The van der Waals surface area contributed by atoms with E-state index in [1.54, 1.807) is 0 Å². The Morgan fingerprint density at radius 2 is 1.80 bits per heavy atom. The Morgan fingerprint density at radius 1 is 1.05 bits per heavy atom. The second-order valence-electron chi connectivity index (χ2n) is 10.1. The largest absolute Gasteiger partial charge is 0.494 e. The first-order valence-electron chi connectivity index (χ1n) is 14.1. The quantitative estimate of drug-likeness (QED) is 0.164. The molecule has 3 rings (SSSR count). The molecule has 0 aliphatic rings. The van der Waals surface area contributed by atoms with Crippen molar-refractivity contribution in [2.75, 3.05) is 24.1 Å². The van der Waals surface area contributed by atoms with Gasteiger partial charge in [-0.3, -0.25) is 4.79 Å². The van der Waals surface area contributed by atoms with E-state index in [4.69, 9.17) is 9.15 Å². The number of nitrogens with one attached hydrogen (secondary N) is 3. The van der Waals surface area contributed by atoms with Gasteiger partial charge in [0.25, 0.3) is 5.91 Å². The molecule has 10 nitrogen and oxygen atoms in total. The van der Waals surface area contributed by atoms with E-state index in [9.17, 15) is 18.3 Å². The van der Waals surface area contributed by atoms with Gasteiger partial charge in [0.15, 0.2) is 5.69 Å². The van der Waals surface area contributed by atoms with Gasteiger partial charge >= 0.3 is 6.01 Å². The maximum atomic E-state index is 13.0. The first kappa shape index (κ1) is 32.1. The van der Waals surface area contributed by atoms with Gasteiger partial charge in [0.1, 0.15) is 12.0 Å². The van der Waals surface area contributed by atoms with Gasteiger partial charge in [-0.1, -0.05) is 69.5 Å². The molecule has 2 aromatic carbocycles. The molecule has 1 aromatic heterocycles. The first-order chi connectivity index (χ1) is 19.7. The molecule has 4 N–H and O–H groups in total. The summed E-state index contributed by atoms with van der Waals surface area (Å²) in [5.41, 5.74) is 3.12. The molecular weight excluding hydrogens is 544 g/mol. The van der Waals surface area contributed by atoms with Crippen LogP contribution in [0.15, 0.2) is 59.2 Å². The number of oxazole rings is 1. The van der Waals surface area contributed by atoms with Gasteiger partial charge in [0.2, 0.25) is 10.0 Å². The van der Waals surface area contributed by atoms with E-state index >= 15 is 0 Å². The van der Waals surface area contributed by atoms with Gasteiger partial charge in [0.05, 0.1) is 25.0 Å². The van der Waals surface area contributed by atoms with Crippen molar-refractivity contribution in [1.82, 2.24) is 15.6 Å². The standard InChI is InChI=1S/C30H42N4O6S/c1-4-6-7-8-15-39-25-14-10-12-23(17-25)18-26(28(35)20-31-19-24-13-9-11-22(5-2)16-24)32-29(36)27-21-40-30(33-27)34-41(3,37)38/h9-14,16-17,21,26,28,31,35H,4-8,15,18-20H2,1-3H3,(H,32,36)(H,33,34)/t26-,28+/m0/s1. The lowest BCUT2D eigenvalue weighted by Gasteiger charge is -2.25. The van der Waals surface area contributed by atoms with Crippen LogP contribution in [0.4, 0.5) is 6.01 Å². The van der Waals surface area contributed by atoms with Gasteiger partial charge in [0, 0.05) is 13.1 Å². The van der Waals surface area contributed by atoms with Crippen LogP contribution in [0.3, 0.4) is 0 Å². The first-order valence-corrected chi connectivity index (χ1v) is 16.0. The Kier molecular flexibility index (Phi) is 12.6. The van der Waals surface area contributed by atoms with Crippen molar-refractivity contribution in [2.24, 2.45) is 0 Å². The summed E-state index contributed by atoms with van der Waals surface area (Å²) in [7, 11) is -3.62. The van der Waals surface area contributed by atoms with E-state index in [1.165, 1.54) is 12.0 Å². The third-order valence-electron chi connectivity index (χ3n) is 6.49. The number of aryl methyl sites for hydroxylation is 1. The number of aliphatic hydroxyl groups excluding tert-OH is 1. The zero-order valence-electron chi connectivity index (χ0n) is 24.1. The summed E-state index contributed by atoms with van der Waals surface area (Å²) in [4.78, 5) is 16.9. The summed E-state index contributed by atoms with van der Waals surface area (Å²) >= 11 is 0. The van der Waals surface area contributed by atoms with Crippen molar-refractivity contribution < 1.29 is 27.5 Å². The molecule has 1 heterocycles. The predicted molar refractivity (Wildman–Crippen MR) is 160 cm³/mol. The lowest BCUT2D eigenvalue weighted by Crippen LogP contribution is -2.48. The van der Waals surface area contributed by atoms with Crippen LogP contribution in [0.5, 0.6) is 5.75 Å². The fraction of sp³-hybridized carbons (Fsp3) is 0.467. The Morgan fingerprint density at radius 3 is 2.56 bits per heavy atom. The average molecular weight is 587 g/mol. The third-order valence-corrected chi connectivity index (χ3v) is 7.04. The second kappa shape index (κ2) is 16.1. The molecule has 2 atom stereocenters. The zero-order chi connectivity index (χ0) is 29.7. The van der Waals surface area contributed by atoms with Crippen LogP contribution in [0.2, 0.25) is 0 Å². The van der Waals surface area contributed by atoms with Crippen LogP contribution in [0.25, 0.3) is 0 Å². The van der Waals surface area contributed by atoms with Crippen LogP contribution >= 0.6 is 0 Å². The number of amides is 1. The van der Waals surface area contributed by atoms with Crippen molar-refractivity contribution in [3.63, 3.8) is 0 Å². The number of rotatable bonds is 18. The molecule has 0 aliphatic carbocycles. The van der Waals surface area contributed by atoms with E-state index in [2.05, 4.69) is 46.3 Å². The topological polar surface area (TPSA) is 143 Å². The Labute approximate surface area is 243 Å². The minimum absolute atomic E-state index is 0.109. The van der Waals surface area contributed by atoms with Crippen molar-refractivity contribution in [3.05, 3.63) is 77.2 Å². The van der Waals surface area contributed by atoms with E-state index in [1.807, 2.05) is 36.4 Å². The minimum Gasteiger partial charge on any atom is -0.494 e. The number of nitrogens with zero attached hydrogens (tertiary/aromatic N) is 1. The predicted octanol–water partition coefficient (Wildman–Crippen LogP) is 4.06. The highest BCUT2D eigenvalue weighted by Crippen LogP contribution is 2.17. The number of unbranched alkanes of at least 4 members (excludes halogenated alkanes) is 3. The molecule has 3 aromatic rings. The van der Waals surface area contributed by atoms with Gasteiger partial charge in [-0.05, 0) is 48.1 Å². The molecule has 0 radical (unpaired) electrons. The summed E-state index contributed by atoms with van der Waals surface area (Å²) in [6, 6.07) is 14.9. The molecule has 224 valence electrons. The fourth-order valence-electron chi connectivity index (χ4n) is 4.31. The van der Waals surface area contributed by atoms with Gasteiger partial charge in [-0.2, -0.15) is 4.98 Å². The Bertz CT molecular complexity index is 1340. The van der Waals surface area contributed by atoms with Crippen molar-refractivity contribution in [2.45, 2.75) is 71.1 Å². The highest BCUT2D eigenvalue weighted by Gasteiger charge is 2.24. The molecule has 0 saturated carbocycles. The third kappa shape index (κ3) is 11.5. The number of sulfonamides is 1. The molecule has 41 heavy (non-hydrogen) atoms. The Balaban J connectivity index is 1.68. The van der Waals surface area contributed by atoms with Crippen LogP contribution in [0.1, 0.15) is 66.7 Å². The second-order valence-corrected chi connectivity index (χ2v) is 11.9. The van der Waals surface area contributed by atoms with Gasteiger partial charge in [-0.25, -0.2) is 13.1 Å². The summed E-state index contributed by atoms with van der Waals surface area (Å²) in [5.74, 6) is 0.138. The summed E-state index contributed by atoms with van der Waals surface area (Å²) < 4.78 is 36.0. The van der Waals surface area contributed by atoms with E-state index in [0.29, 0.717) is 19.6 Å². The summed E-state index contributed by atoms with van der Waals surface area (Å²) in [6.07, 6.45) is 6.80. The maximum Gasteiger partial charge on any atom is 0.309 e. The van der Waals surface area contributed by atoms with Crippen molar-refractivity contribution in [3.8, 4) is 5.75 Å². The van der Waals surface area contributed by atoms with Gasteiger partial charge < -0.3 is 24.9 Å². The average Bonchev–Trinajstić information content (AvgIpc) is 3.40. The molecule has 0 spiro atoms. The molecule has 11 heteroatoms. The highest BCUT2D eigenvalue weighted by molar-refractivity contribution is 7.91. The van der Waals surface area contributed by atoms with Gasteiger partial charge in [-0.15, -0.1) is 0 Å². The number of hydrogen-bond acceptors (Lipinski definition) is 8. The number of carbonyl (C=O) groups is 1. The van der Waals surface area contributed by atoms with Crippen molar-refractivity contribution >= 4 is 21.9 Å². The molecule has 0 aliphatic heterocycles. The summed E-state index contributed by atoms with van der Waals surface area (Å²) in [6.45, 7) is 5.70. The smallest absolute Gasteiger partial charge is 0.309 e. The van der Waals surface area contributed by atoms with Crippen LogP contribution in [-0.2, 0) is 29.4 Å². The number of anilines is 1. The monoisotopic (exact) mass is 586 g/mol. The van der Waals surface area contributed by atoms with E-state index in [-0.39, 0.29) is 18.3 Å². The maximum absolute atomic E-state index is 13.0. The van der Waals surface area contributed by atoms with Crippen LogP contribution in [0, 0.1) is 0 Å². The lowest BCUT2D eigenvalue weighted by atomic mass is 10.0. The number of aromatic nitrogens is 1. The van der Waals surface area contributed by atoms with Crippen LogP contribution < -0.4 is 20.1 Å². The Hall–Kier alpha value is -3.41. The highest BCUT2D eigenvalue weighted by atomic mass is 32.2. The minimum atomic E-state index is -3.62. The molecule has 0 bridgehead atoms. The number of aliphatic hydroxyl groups is 1. The number of carbonyl (C=O) groups excluding carboxylic acids is 1. The lowest BCUT2D eigenvalue weighted by molar-refractivity contribution is 0.0825. The summed E-state index contributed by atoms with van der Waals surface area (Å²) in [5, 5.41) is 17.3. The zero-order valence-corrected chi connectivity index (χ0v) is 24.9. The normalized spacial score (nSPS) is 13.0. The molecule has 1 amide bonds. The molecular formula is C30H42N4O6S. The number of benzene rings is 2. The SMILES string of the molecule is CCCCCCOc1cccc(C[C@H](NC(=O)c2coc(NS(C)(=O)=O)n2)[C@H](O)CNCc2cccc(CC)c2)c1. The van der Waals surface area contributed by atoms with E-state index in [0.717, 1.165) is 55.1 Å². The number of hydrogen-bond donors (Lipinski definition) is 4.